The molecule has 0 bridgehead atoms. The number of hydrogen-bond acceptors (Lipinski definition) is 1. The lowest BCUT2D eigenvalue weighted by atomic mass is 9.78. The van der Waals surface area contributed by atoms with Gasteiger partial charge in [-0.05, 0) is 38.2 Å². The smallest absolute Gasteiger partial charge is 0.0818 e. The van der Waals surface area contributed by atoms with Gasteiger partial charge in [0.2, 0.25) is 0 Å². The van der Waals surface area contributed by atoms with E-state index in [-0.39, 0.29) is 6.10 Å². The van der Waals surface area contributed by atoms with E-state index in [1.54, 1.807) is 0 Å². The van der Waals surface area contributed by atoms with Crippen molar-refractivity contribution in [2.45, 2.75) is 39.2 Å². The van der Waals surface area contributed by atoms with Crippen molar-refractivity contribution in [3.8, 4) is 0 Å². The van der Waals surface area contributed by atoms with Crippen LogP contribution in [0.15, 0.2) is 18.2 Å². The van der Waals surface area contributed by atoms with Crippen LogP contribution in [0.2, 0.25) is 0 Å². The second kappa shape index (κ2) is 3.74. The molecule has 1 N–H and O–H groups in total. The van der Waals surface area contributed by atoms with E-state index in [9.17, 15) is 5.11 Å². The number of benzene rings is 1. The third-order valence-electron chi connectivity index (χ3n) is 3.18. The maximum Gasteiger partial charge on any atom is 0.0818 e. The largest absolute Gasteiger partial charge is 0.388 e. The first-order valence-corrected chi connectivity index (χ1v) is 5.43. The fourth-order valence-corrected chi connectivity index (χ4v) is 2.21. The Morgan fingerprint density at radius 1 is 1.14 bits per heavy atom. The summed E-state index contributed by atoms with van der Waals surface area (Å²) in [6.45, 7) is 4.17. The van der Waals surface area contributed by atoms with Gasteiger partial charge in [-0.1, -0.05) is 35.7 Å². The average Bonchev–Trinajstić information content (AvgIpc) is 1.98. The van der Waals surface area contributed by atoms with Crippen LogP contribution >= 0.6 is 0 Å². The maximum absolute atomic E-state index is 10.1. The molecule has 0 aliphatic heterocycles. The van der Waals surface area contributed by atoms with Crippen molar-refractivity contribution >= 4 is 0 Å². The first-order chi connectivity index (χ1) is 6.66. The molecule has 14 heavy (non-hydrogen) atoms. The summed E-state index contributed by atoms with van der Waals surface area (Å²) >= 11 is 0. The molecule has 1 nitrogen and oxygen atoms in total. The fourth-order valence-electron chi connectivity index (χ4n) is 2.21. The van der Waals surface area contributed by atoms with Gasteiger partial charge in [-0.3, -0.25) is 0 Å². The van der Waals surface area contributed by atoms with Crippen molar-refractivity contribution in [1.29, 1.82) is 0 Å². The molecule has 0 heterocycles. The summed E-state index contributed by atoms with van der Waals surface area (Å²) in [5.74, 6) is 0.510. The third-order valence-corrected chi connectivity index (χ3v) is 3.18. The Labute approximate surface area is 85.8 Å². The lowest BCUT2D eigenvalue weighted by molar-refractivity contribution is 0.0620. The first kappa shape index (κ1) is 9.72. The molecule has 1 saturated carbocycles. The summed E-state index contributed by atoms with van der Waals surface area (Å²) in [6, 6.07) is 6.36. The van der Waals surface area contributed by atoms with E-state index in [4.69, 9.17) is 0 Å². The SMILES string of the molecule is Cc1cc(C)cc(C(O)C2CCC2)c1. The molecule has 1 aliphatic carbocycles. The van der Waals surface area contributed by atoms with Crippen LogP contribution in [0.4, 0.5) is 0 Å². The van der Waals surface area contributed by atoms with Crippen molar-refractivity contribution in [3.63, 3.8) is 0 Å². The monoisotopic (exact) mass is 190 g/mol. The van der Waals surface area contributed by atoms with Crippen LogP contribution in [-0.2, 0) is 0 Å². The Kier molecular flexibility index (Phi) is 2.60. The molecule has 1 atom stereocenters. The second-order valence-corrected chi connectivity index (χ2v) is 4.56. The number of hydrogen-bond donors (Lipinski definition) is 1. The van der Waals surface area contributed by atoms with Gasteiger partial charge in [-0.15, -0.1) is 0 Å². The number of aryl methyl sites for hydroxylation is 2. The van der Waals surface area contributed by atoms with Crippen molar-refractivity contribution < 1.29 is 5.11 Å². The van der Waals surface area contributed by atoms with E-state index in [1.807, 2.05) is 0 Å². The molecule has 0 amide bonds. The number of aliphatic hydroxyl groups is 1. The summed E-state index contributed by atoms with van der Waals surface area (Å²) in [5.41, 5.74) is 3.60. The van der Waals surface area contributed by atoms with Crippen LogP contribution in [0.3, 0.4) is 0 Å². The number of aliphatic hydroxyl groups excluding tert-OH is 1. The normalized spacial score (nSPS) is 19.1. The van der Waals surface area contributed by atoms with Gasteiger partial charge in [0, 0.05) is 0 Å². The van der Waals surface area contributed by atoms with Gasteiger partial charge in [0.25, 0.3) is 0 Å². The summed E-state index contributed by atoms with van der Waals surface area (Å²) < 4.78 is 0. The van der Waals surface area contributed by atoms with Gasteiger partial charge in [-0.2, -0.15) is 0 Å². The summed E-state index contributed by atoms with van der Waals surface area (Å²) in [6.07, 6.45) is 3.43. The molecular formula is C13H18O. The standard InChI is InChI=1S/C13H18O/c1-9-6-10(2)8-12(7-9)13(14)11-4-3-5-11/h6-8,11,13-14H,3-5H2,1-2H3. The molecule has 0 aromatic heterocycles. The minimum atomic E-state index is -0.234. The third kappa shape index (κ3) is 1.83. The molecule has 76 valence electrons. The maximum atomic E-state index is 10.1. The highest BCUT2D eigenvalue weighted by molar-refractivity contribution is 5.30. The zero-order valence-corrected chi connectivity index (χ0v) is 8.96. The van der Waals surface area contributed by atoms with E-state index in [0.29, 0.717) is 5.92 Å². The van der Waals surface area contributed by atoms with Gasteiger partial charge < -0.3 is 5.11 Å². The predicted molar refractivity (Wildman–Crippen MR) is 58.2 cm³/mol. The van der Waals surface area contributed by atoms with Gasteiger partial charge in [-0.25, -0.2) is 0 Å². The molecule has 1 aromatic carbocycles. The van der Waals surface area contributed by atoms with Crippen LogP contribution < -0.4 is 0 Å². The Bertz CT molecular complexity index is 306. The summed E-state index contributed by atoms with van der Waals surface area (Å²) in [4.78, 5) is 0. The Morgan fingerprint density at radius 3 is 2.14 bits per heavy atom. The van der Waals surface area contributed by atoms with Crippen LogP contribution in [0, 0.1) is 19.8 Å². The van der Waals surface area contributed by atoms with Crippen LogP contribution in [0.1, 0.15) is 42.1 Å². The van der Waals surface area contributed by atoms with E-state index >= 15 is 0 Å². The van der Waals surface area contributed by atoms with Gasteiger partial charge >= 0.3 is 0 Å². The Balaban J connectivity index is 2.21. The predicted octanol–water partition coefficient (Wildman–Crippen LogP) is 3.14. The average molecular weight is 190 g/mol. The fraction of sp³-hybridized carbons (Fsp3) is 0.538. The molecule has 0 radical (unpaired) electrons. The lowest BCUT2D eigenvalue weighted by Gasteiger charge is -2.30. The van der Waals surface area contributed by atoms with Crippen molar-refractivity contribution in [3.05, 3.63) is 34.9 Å². The van der Waals surface area contributed by atoms with E-state index < -0.39 is 0 Å². The molecule has 1 aliphatic rings. The van der Waals surface area contributed by atoms with Gasteiger partial charge in [0.1, 0.15) is 0 Å². The first-order valence-electron chi connectivity index (χ1n) is 5.43. The summed E-state index contributed by atoms with van der Waals surface area (Å²) in [7, 11) is 0. The zero-order chi connectivity index (χ0) is 10.1. The molecule has 1 aromatic rings. The molecule has 0 spiro atoms. The van der Waals surface area contributed by atoms with Crippen LogP contribution in [0.5, 0.6) is 0 Å². The number of rotatable bonds is 2. The molecule has 2 rings (SSSR count). The molecule has 1 fully saturated rings. The van der Waals surface area contributed by atoms with Crippen molar-refractivity contribution in [2.75, 3.05) is 0 Å². The van der Waals surface area contributed by atoms with Crippen LogP contribution in [0.25, 0.3) is 0 Å². The highest BCUT2D eigenvalue weighted by atomic mass is 16.3. The second-order valence-electron chi connectivity index (χ2n) is 4.56. The van der Waals surface area contributed by atoms with E-state index in [2.05, 4.69) is 32.0 Å². The topological polar surface area (TPSA) is 20.2 Å². The minimum absolute atomic E-state index is 0.234. The molecule has 1 heteroatoms. The van der Waals surface area contributed by atoms with E-state index in [0.717, 1.165) is 5.56 Å². The zero-order valence-electron chi connectivity index (χ0n) is 8.96. The van der Waals surface area contributed by atoms with Crippen molar-refractivity contribution in [2.24, 2.45) is 5.92 Å². The molecule has 1 unspecified atom stereocenters. The highest BCUT2D eigenvalue weighted by Crippen LogP contribution is 2.37. The Morgan fingerprint density at radius 2 is 1.71 bits per heavy atom. The molecule has 0 saturated heterocycles. The lowest BCUT2D eigenvalue weighted by Crippen LogP contribution is -2.20. The van der Waals surface area contributed by atoms with E-state index in [1.165, 1.54) is 30.4 Å². The quantitative estimate of drug-likeness (QED) is 0.759. The highest BCUT2D eigenvalue weighted by Gasteiger charge is 2.26. The van der Waals surface area contributed by atoms with Crippen molar-refractivity contribution in [1.82, 2.24) is 0 Å². The van der Waals surface area contributed by atoms with Gasteiger partial charge in [0.15, 0.2) is 0 Å². The molecular weight excluding hydrogens is 172 g/mol. The summed E-state index contributed by atoms with van der Waals surface area (Å²) in [5, 5.41) is 10.1. The van der Waals surface area contributed by atoms with Gasteiger partial charge in [0.05, 0.1) is 6.10 Å². The van der Waals surface area contributed by atoms with Crippen LogP contribution in [-0.4, -0.2) is 5.11 Å². The minimum Gasteiger partial charge on any atom is -0.388 e. The Hall–Kier alpha value is -0.820.